The van der Waals surface area contributed by atoms with Crippen molar-refractivity contribution >= 4 is 35.6 Å². The molecule has 1 heterocycles. The smallest absolute Gasteiger partial charge is 0.193 e. The summed E-state index contributed by atoms with van der Waals surface area (Å²) in [5.41, 5.74) is 1.18. The molecule has 7 heteroatoms. The zero-order valence-electron chi connectivity index (χ0n) is 17.0. The highest BCUT2D eigenvalue weighted by Crippen LogP contribution is 2.34. The largest absolute Gasteiger partial charge is 0.495 e. The van der Waals surface area contributed by atoms with Gasteiger partial charge in [0.05, 0.1) is 12.8 Å². The van der Waals surface area contributed by atoms with Crippen LogP contribution in [0.15, 0.2) is 29.3 Å². The molecule has 0 bridgehead atoms. The summed E-state index contributed by atoms with van der Waals surface area (Å²) < 4.78 is 5.51. The highest BCUT2D eigenvalue weighted by atomic mass is 127. The Morgan fingerprint density at radius 2 is 1.89 bits per heavy atom. The van der Waals surface area contributed by atoms with Gasteiger partial charge in [-0.25, -0.2) is 0 Å². The van der Waals surface area contributed by atoms with Gasteiger partial charge in [-0.15, -0.1) is 24.0 Å². The van der Waals surface area contributed by atoms with E-state index in [4.69, 9.17) is 4.74 Å². The van der Waals surface area contributed by atoms with Crippen molar-refractivity contribution in [2.45, 2.75) is 18.9 Å². The molecule has 1 aliphatic heterocycles. The van der Waals surface area contributed by atoms with E-state index >= 15 is 0 Å². The maximum atomic E-state index is 5.51. The summed E-state index contributed by atoms with van der Waals surface area (Å²) in [6.45, 7) is 4.85. The monoisotopic (exact) mass is 487 g/mol. The molecule has 0 radical (unpaired) electrons. The number of halogens is 1. The number of methoxy groups -OCH3 is 1. The second kappa shape index (κ2) is 10.4. The maximum Gasteiger partial charge on any atom is 0.193 e. The van der Waals surface area contributed by atoms with E-state index < -0.39 is 0 Å². The second-order valence-corrected chi connectivity index (χ2v) is 7.44. The molecule has 2 aliphatic rings. The third-order valence-electron chi connectivity index (χ3n) is 5.52. The van der Waals surface area contributed by atoms with Crippen LogP contribution in [0.3, 0.4) is 0 Å². The molecule has 2 fully saturated rings. The van der Waals surface area contributed by atoms with Crippen LogP contribution in [0.2, 0.25) is 0 Å². The first-order valence-electron chi connectivity index (χ1n) is 9.64. The van der Waals surface area contributed by atoms with E-state index in [1.165, 1.54) is 18.5 Å². The highest BCUT2D eigenvalue weighted by molar-refractivity contribution is 14.0. The normalized spacial score (nSPS) is 18.9. The Labute approximate surface area is 181 Å². The summed E-state index contributed by atoms with van der Waals surface area (Å²) in [4.78, 5) is 11.6. The van der Waals surface area contributed by atoms with Crippen molar-refractivity contribution in [3.05, 3.63) is 24.3 Å². The molecule has 1 saturated carbocycles. The van der Waals surface area contributed by atoms with E-state index in [1.54, 1.807) is 7.11 Å². The van der Waals surface area contributed by atoms with Gasteiger partial charge in [-0.1, -0.05) is 12.1 Å². The van der Waals surface area contributed by atoms with Crippen LogP contribution in [-0.2, 0) is 0 Å². The van der Waals surface area contributed by atoms with Gasteiger partial charge in [0.1, 0.15) is 5.75 Å². The molecule has 1 aromatic rings. The van der Waals surface area contributed by atoms with Gasteiger partial charge in [0.15, 0.2) is 5.96 Å². The van der Waals surface area contributed by atoms with Gasteiger partial charge in [0.2, 0.25) is 0 Å². The molecule has 1 N–H and O–H groups in total. The number of hydrogen-bond donors (Lipinski definition) is 1. The lowest BCUT2D eigenvalue weighted by Crippen LogP contribution is -2.54. The number of aliphatic imine (C=N–C) groups is 1. The number of para-hydroxylation sites is 2. The van der Waals surface area contributed by atoms with E-state index in [9.17, 15) is 0 Å². The zero-order valence-corrected chi connectivity index (χ0v) is 19.3. The van der Waals surface area contributed by atoms with Crippen molar-refractivity contribution in [1.82, 2.24) is 15.1 Å². The van der Waals surface area contributed by atoms with Crippen LogP contribution in [0.5, 0.6) is 5.75 Å². The molecule has 1 unspecified atom stereocenters. The first-order valence-corrected chi connectivity index (χ1v) is 9.64. The van der Waals surface area contributed by atoms with Crippen molar-refractivity contribution < 1.29 is 4.74 Å². The van der Waals surface area contributed by atoms with Gasteiger partial charge < -0.3 is 24.8 Å². The highest BCUT2D eigenvalue weighted by Gasteiger charge is 2.33. The molecular formula is C20H34IN5O. The minimum absolute atomic E-state index is 0. The lowest BCUT2D eigenvalue weighted by atomic mass is 10.1. The fourth-order valence-electron chi connectivity index (χ4n) is 3.83. The van der Waals surface area contributed by atoms with Gasteiger partial charge in [-0.2, -0.15) is 0 Å². The van der Waals surface area contributed by atoms with Crippen LogP contribution >= 0.6 is 24.0 Å². The number of benzene rings is 1. The molecule has 0 amide bonds. The number of ether oxygens (including phenoxy) is 1. The van der Waals surface area contributed by atoms with Crippen LogP contribution in [0.1, 0.15) is 12.8 Å². The number of anilines is 1. The predicted molar refractivity (Wildman–Crippen MR) is 124 cm³/mol. The molecule has 0 spiro atoms. The summed E-state index contributed by atoms with van der Waals surface area (Å²) in [5.74, 6) is 2.82. The Balaban J connectivity index is 0.00000261. The standard InChI is InChI=1S/C20H33N5O.HI/c1-21-20(22-15-18(23(2)3)16-9-10-16)25-13-11-24(12-14-25)17-7-5-6-8-19(17)26-4;/h5-8,16,18H,9-15H2,1-4H3,(H,21,22);1H. The third-order valence-corrected chi connectivity index (χ3v) is 5.52. The maximum absolute atomic E-state index is 5.51. The van der Waals surface area contributed by atoms with E-state index in [2.05, 4.69) is 51.2 Å². The summed E-state index contributed by atoms with van der Waals surface area (Å²) in [6.07, 6.45) is 2.72. The molecule has 27 heavy (non-hydrogen) atoms. The molecule has 152 valence electrons. The van der Waals surface area contributed by atoms with E-state index in [0.29, 0.717) is 6.04 Å². The quantitative estimate of drug-likeness (QED) is 0.379. The van der Waals surface area contributed by atoms with Crippen LogP contribution in [0.4, 0.5) is 5.69 Å². The number of nitrogens with one attached hydrogen (secondary N) is 1. The minimum Gasteiger partial charge on any atom is -0.495 e. The molecule has 3 rings (SSSR count). The SMILES string of the molecule is CN=C(NCC(C1CC1)N(C)C)N1CCN(c2ccccc2OC)CC1.I. The number of guanidine groups is 1. The Hall–Kier alpha value is -1.22. The molecule has 1 aliphatic carbocycles. The van der Waals surface area contributed by atoms with Crippen molar-refractivity contribution in [3.8, 4) is 5.75 Å². The number of hydrogen-bond acceptors (Lipinski definition) is 4. The summed E-state index contributed by atoms with van der Waals surface area (Å²) in [6, 6.07) is 8.86. The fourth-order valence-corrected chi connectivity index (χ4v) is 3.83. The van der Waals surface area contributed by atoms with Crippen molar-refractivity contribution in [2.24, 2.45) is 10.9 Å². The predicted octanol–water partition coefficient (Wildman–Crippen LogP) is 2.35. The average molecular weight is 487 g/mol. The second-order valence-electron chi connectivity index (χ2n) is 7.44. The lowest BCUT2D eigenvalue weighted by molar-refractivity contribution is 0.260. The van der Waals surface area contributed by atoms with E-state index in [1.807, 2.05) is 19.2 Å². The molecule has 0 aromatic heterocycles. The van der Waals surface area contributed by atoms with Crippen LogP contribution < -0.4 is 15.0 Å². The lowest BCUT2D eigenvalue weighted by Gasteiger charge is -2.38. The Morgan fingerprint density at radius 1 is 1.22 bits per heavy atom. The van der Waals surface area contributed by atoms with Gasteiger partial charge in [-0.3, -0.25) is 4.99 Å². The third kappa shape index (κ3) is 5.63. The molecule has 1 saturated heterocycles. The molecule has 1 atom stereocenters. The van der Waals surface area contributed by atoms with Crippen LogP contribution in [0, 0.1) is 5.92 Å². The van der Waals surface area contributed by atoms with E-state index in [-0.39, 0.29) is 24.0 Å². The van der Waals surface area contributed by atoms with Crippen molar-refractivity contribution in [1.29, 1.82) is 0 Å². The number of rotatable bonds is 6. The van der Waals surface area contributed by atoms with Crippen molar-refractivity contribution in [3.63, 3.8) is 0 Å². The Bertz CT molecular complexity index is 610. The summed E-state index contributed by atoms with van der Waals surface area (Å²) >= 11 is 0. The van der Waals surface area contributed by atoms with E-state index in [0.717, 1.165) is 50.4 Å². The molecular weight excluding hydrogens is 453 g/mol. The van der Waals surface area contributed by atoms with Gasteiger partial charge in [-0.05, 0) is 45.0 Å². The van der Waals surface area contributed by atoms with Gasteiger partial charge in [0.25, 0.3) is 0 Å². The first-order chi connectivity index (χ1) is 12.6. The van der Waals surface area contributed by atoms with Crippen LogP contribution in [-0.4, -0.2) is 82.8 Å². The number of piperazine rings is 1. The number of likely N-dealkylation sites (N-methyl/N-ethyl adjacent to an activating group) is 1. The number of nitrogens with zero attached hydrogens (tertiary/aromatic N) is 4. The summed E-state index contributed by atoms with van der Waals surface area (Å²) in [5, 5.41) is 3.61. The Morgan fingerprint density at radius 3 is 2.44 bits per heavy atom. The van der Waals surface area contributed by atoms with Gasteiger partial charge >= 0.3 is 0 Å². The minimum atomic E-state index is 0. The van der Waals surface area contributed by atoms with Crippen molar-refractivity contribution in [2.75, 3.05) is 65.9 Å². The van der Waals surface area contributed by atoms with Crippen LogP contribution in [0.25, 0.3) is 0 Å². The summed E-state index contributed by atoms with van der Waals surface area (Å²) in [7, 11) is 7.98. The average Bonchev–Trinajstić information content (AvgIpc) is 3.50. The van der Waals surface area contributed by atoms with Gasteiger partial charge in [0, 0.05) is 45.8 Å². The zero-order chi connectivity index (χ0) is 18.5. The first kappa shape index (κ1) is 22.1. The topological polar surface area (TPSA) is 43.3 Å². The fraction of sp³-hybridized carbons (Fsp3) is 0.650. The molecule has 6 nitrogen and oxygen atoms in total. The Kier molecular flexibility index (Phi) is 8.47. The molecule has 1 aromatic carbocycles.